The van der Waals surface area contributed by atoms with Crippen molar-refractivity contribution in [3.05, 3.63) is 16.1 Å². The molecule has 17 heavy (non-hydrogen) atoms. The average molecular weight is 254 g/mol. The molecule has 0 saturated heterocycles. The van der Waals surface area contributed by atoms with E-state index in [4.69, 9.17) is 0 Å². The van der Waals surface area contributed by atoms with Crippen LogP contribution in [0.25, 0.3) is 0 Å². The number of rotatable bonds is 7. The lowest BCUT2D eigenvalue weighted by Crippen LogP contribution is -2.37. The maximum absolute atomic E-state index is 4.35. The minimum atomic E-state index is 0.359. The summed E-state index contributed by atoms with van der Waals surface area (Å²) < 4.78 is 0. The van der Waals surface area contributed by atoms with Gasteiger partial charge in [-0.2, -0.15) is 0 Å². The molecule has 1 N–H and O–H groups in total. The number of aryl methyl sites for hydroxylation is 1. The first-order valence-corrected chi connectivity index (χ1v) is 7.41. The van der Waals surface area contributed by atoms with Gasteiger partial charge in [0.05, 0.1) is 5.01 Å². The number of thiazole rings is 1. The van der Waals surface area contributed by atoms with E-state index in [0.29, 0.717) is 11.5 Å². The molecule has 0 amide bonds. The average Bonchev–Trinajstić information content (AvgIpc) is 2.61. The molecule has 3 heteroatoms. The van der Waals surface area contributed by atoms with E-state index < -0.39 is 0 Å². The molecule has 98 valence electrons. The number of nitrogens with one attached hydrogen (secondary N) is 1. The highest BCUT2D eigenvalue weighted by Crippen LogP contribution is 2.29. The van der Waals surface area contributed by atoms with Gasteiger partial charge < -0.3 is 5.32 Å². The Hall–Kier alpha value is -0.410. The standard InChI is InChI=1S/C14H26N2S/c1-6-7-14(5,10-16-11(2)3)8-13-9-15-12(4)17-13/h9,11,16H,6-8,10H2,1-5H3. The SMILES string of the molecule is CCCC(C)(CNC(C)C)Cc1cnc(C)s1. The Morgan fingerprint density at radius 2 is 2.18 bits per heavy atom. The predicted octanol–water partition coefficient (Wildman–Crippen LogP) is 3.80. The number of nitrogens with zero attached hydrogens (tertiary/aromatic N) is 1. The largest absolute Gasteiger partial charge is 0.314 e. The molecule has 0 aliphatic rings. The van der Waals surface area contributed by atoms with Crippen LogP contribution in [-0.4, -0.2) is 17.6 Å². The van der Waals surface area contributed by atoms with Crippen molar-refractivity contribution in [1.29, 1.82) is 0 Å². The van der Waals surface area contributed by atoms with Crippen LogP contribution in [0.1, 0.15) is 50.4 Å². The van der Waals surface area contributed by atoms with Crippen molar-refractivity contribution in [2.75, 3.05) is 6.54 Å². The molecule has 0 radical (unpaired) electrons. The minimum Gasteiger partial charge on any atom is -0.314 e. The fourth-order valence-electron chi connectivity index (χ4n) is 2.20. The second-order valence-corrected chi connectivity index (χ2v) is 6.94. The topological polar surface area (TPSA) is 24.9 Å². The molecule has 0 fully saturated rings. The van der Waals surface area contributed by atoms with Gasteiger partial charge in [-0.05, 0) is 25.2 Å². The van der Waals surface area contributed by atoms with Crippen molar-refractivity contribution < 1.29 is 0 Å². The van der Waals surface area contributed by atoms with E-state index in [1.54, 1.807) is 0 Å². The number of hydrogen-bond donors (Lipinski definition) is 1. The van der Waals surface area contributed by atoms with Crippen LogP contribution in [0.3, 0.4) is 0 Å². The molecule has 0 saturated carbocycles. The van der Waals surface area contributed by atoms with Gasteiger partial charge in [-0.1, -0.05) is 34.1 Å². The van der Waals surface area contributed by atoms with Gasteiger partial charge in [-0.15, -0.1) is 11.3 Å². The third kappa shape index (κ3) is 5.17. The molecular formula is C14H26N2S. The molecule has 1 aromatic rings. The van der Waals surface area contributed by atoms with Crippen molar-refractivity contribution in [3.63, 3.8) is 0 Å². The van der Waals surface area contributed by atoms with Crippen molar-refractivity contribution in [3.8, 4) is 0 Å². The lowest BCUT2D eigenvalue weighted by molar-refractivity contribution is 0.268. The van der Waals surface area contributed by atoms with Gasteiger partial charge in [0, 0.05) is 23.7 Å². The van der Waals surface area contributed by atoms with Crippen LogP contribution in [-0.2, 0) is 6.42 Å². The number of hydrogen-bond acceptors (Lipinski definition) is 3. The molecule has 1 rings (SSSR count). The van der Waals surface area contributed by atoms with E-state index in [2.05, 4.69) is 44.9 Å². The second kappa shape index (κ2) is 6.50. The van der Waals surface area contributed by atoms with Crippen LogP contribution in [0.4, 0.5) is 0 Å². The Bertz CT molecular complexity index is 333. The zero-order valence-corrected chi connectivity index (χ0v) is 12.7. The molecule has 1 aromatic heterocycles. The van der Waals surface area contributed by atoms with Crippen LogP contribution in [0.2, 0.25) is 0 Å². The molecule has 1 unspecified atom stereocenters. The summed E-state index contributed by atoms with van der Waals surface area (Å²) >= 11 is 1.84. The maximum atomic E-state index is 4.35. The van der Waals surface area contributed by atoms with E-state index >= 15 is 0 Å². The van der Waals surface area contributed by atoms with Crippen LogP contribution >= 0.6 is 11.3 Å². The van der Waals surface area contributed by atoms with Gasteiger partial charge in [0.2, 0.25) is 0 Å². The first-order chi connectivity index (χ1) is 7.95. The van der Waals surface area contributed by atoms with Crippen LogP contribution in [0.5, 0.6) is 0 Å². The molecule has 0 bridgehead atoms. The Kier molecular flexibility index (Phi) is 5.60. The molecule has 1 atom stereocenters. The summed E-state index contributed by atoms with van der Waals surface area (Å²) in [5.74, 6) is 0. The van der Waals surface area contributed by atoms with Gasteiger partial charge in [0.25, 0.3) is 0 Å². The highest BCUT2D eigenvalue weighted by atomic mass is 32.1. The minimum absolute atomic E-state index is 0.359. The van der Waals surface area contributed by atoms with E-state index in [9.17, 15) is 0 Å². The molecule has 0 aliphatic carbocycles. The van der Waals surface area contributed by atoms with Crippen molar-refractivity contribution in [2.24, 2.45) is 5.41 Å². The van der Waals surface area contributed by atoms with Gasteiger partial charge in [-0.25, -0.2) is 4.98 Å². The van der Waals surface area contributed by atoms with Crippen LogP contribution < -0.4 is 5.32 Å². The summed E-state index contributed by atoms with van der Waals surface area (Å²) in [4.78, 5) is 5.77. The third-order valence-electron chi connectivity index (χ3n) is 3.06. The van der Waals surface area contributed by atoms with Gasteiger partial charge in [-0.3, -0.25) is 0 Å². The number of aromatic nitrogens is 1. The Morgan fingerprint density at radius 1 is 1.47 bits per heavy atom. The summed E-state index contributed by atoms with van der Waals surface area (Å²) in [6.07, 6.45) is 5.70. The quantitative estimate of drug-likeness (QED) is 0.800. The van der Waals surface area contributed by atoms with Gasteiger partial charge in [0.15, 0.2) is 0 Å². The highest BCUT2D eigenvalue weighted by molar-refractivity contribution is 7.11. The highest BCUT2D eigenvalue weighted by Gasteiger charge is 2.24. The molecule has 0 spiro atoms. The summed E-state index contributed by atoms with van der Waals surface area (Å²) in [5.41, 5.74) is 0.359. The van der Waals surface area contributed by atoms with E-state index in [0.717, 1.165) is 13.0 Å². The van der Waals surface area contributed by atoms with E-state index in [-0.39, 0.29) is 0 Å². The Labute approximate surface area is 110 Å². The maximum Gasteiger partial charge on any atom is 0.0896 e. The van der Waals surface area contributed by atoms with E-state index in [1.165, 1.54) is 22.7 Å². The molecule has 2 nitrogen and oxygen atoms in total. The summed E-state index contributed by atoms with van der Waals surface area (Å²) in [6, 6.07) is 0.564. The Balaban J connectivity index is 2.63. The zero-order chi connectivity index (χ0) is 12.9. The van der Waals surface area contributed by atoms with Crippen LogP contribution in [0.15, 0.2) is 6.20 Å². The molecular weight excluding hydrogens is 228 g/mol. The monoisotopic (exact) mass is 254 g/mol. The molecule has 0 aromatic carbocycles. The first kappa shape index (κ1) is 14.7. The second-order valence-electron chi connectivity index (χ2n) is 5.62. The normalized spacial score (nSPS) is 15.2. The van der Waals surface area contributed by atoms with Gasteiger partial charge in [0.1, 0.15) is 0 Å². The predicted molar refractivity (Wildman–Crippen MR) is 76.7 cm³/mol. The smallest absolute Gasteiger partial charge is 0.0896 e. The fourth-order valence-corrected chi connectivity index (χ4v) is 3.21. The lowest BCUT2D eigenvalue weighted by Gasteiger charge is -2.30. The molecule has 1 heterocycles. The molecule has 0 aliphatic heterocycles. The fraction of sp³-hybridized carbons (Fsp3) is 0.786. The van der Waals surface area contributed by atoms with Crippen molar-refractivity contribution in [1.82, 2.24) is 10.3 Å². The Morgan fingerprint density at radius 3 is 2.65 bits per heavy atom. The zero-order valence-electron chi connectivity index (χ0n) is 11.8. The van der Waals surface area contributed by atoms with Gasteiger partial charge >= 0.3 is 0 Å². The first-order valence-electron chi connectivity index (χ1n) is 6.60. The summed E-state index contributed by atoms with van der Waals surface area (Å²) in [6.45, 7) is 12.3. The van der Waals surface area contributed by atoms with Crippen molar-refractivity contribution in [2.45, 2.75) is 59.9 Å². The lowest BCUT2D eigenvalue weighted by atomic mass is 9.81. The third-order valence-corrected chi connectivity index (χ3v) is 3.97. The van der Waals surface area contributed by atoms with E-state index in [1.807, 2.05) is 17.5 Å². The van der Waals surface area contributed by atoms with Crippen molar-refractivity contribution >= 4 is 11.3 Å². The summed E-state index contributed by atoms with van der Waals surface area (Å²) in [5, 5.41) is 4.76. The summed E-state index contributed by atoms with van der Waals surface area (Å²) in [7, 11) is 0. The van der Waals surface area contributed by atoms with Crippen LogP contribution in [0, 0.1) is 12.3 Å².